The molecule has 1 atom stereocenters. The van der Waals surface area contributed by atoms with Crippen LogP contribution in [0.4, 0.5) is 8.78 Å². The maximum atomic E-state index is 13.9. The van der Waals surface area contributed by atoms with E-state index in [0.717, 1.165) is 11.0 Å². The third-order valence-electron chi connectivity index (χ3n) is 2.99. The fourth-order valence-corrected chi connectivity index (χ4v) is 1.98. The van der Waals surface area contributed by atoms with Crippen molar-refractivity contribution in [3.8, 4) is 0 Å². The first-order chi connectivity index (χ1) is 8.33. The van der Waals surface area contributed by atoms with Crippen molar-refractivity contribution in [1.82, 2.24) is 9.88 Å². The molecule has 1 saturated heterocycles. The molecule has 1 aromatic heterocycles. The Bertz CT molecular complexity index is 449. The summed E-state index contributed by atoms with van der Waals surface area (Å²) in [6, 6.07) is 4.03. The van der Waals surface area contributed by atoms with Gasteiger partial charge in [0, 0.05) is 19.3 Å². The summed E-state index contributed by atoms with van der Waals surface area (Å²) < 4.78 is 27.8. The van der Waals surface area contributed by atoms with Crippen molar-refractivity contribution >= 4 is 5.91 Å². The van der Waals surface area contributed by atoms with E-state index in [1.54, 1.807) is 0 Å². The molecule has 6 heteroatoms. The molecule has 98 valence electrons. The lowest BCUT2D eigenvalue weighted by Gasteiger charge is -2.23. The zero-order valence-corrected chi connectivity index (χ0v) is 9.94. The highest BCUT2D eigenvalue weighted by Crippen LogP contribution is 2.31. The van der Waals surface area contributed by atoms with Crippen LogP contribution in [-0.2, 0) is 10.7 Å². The van der Waals surface area contributed by atoms with Crippen LogP contribution in [0.3, 0.4) is 0 Å². The van der Waals surface area contributed by atoms with E-state index < -0.39 is 23.1 Å². The van der Waals surface area contributed by atoms with Crippen LogP contribution >= 0.6 is 0 Å². The first-order valence-corrected chi connectivity index (χ1v) is 5.64. The van der Waals surface area contributed by atoms with Gasteiger partial charge in [0.15, 0.2) is 0 Å². The number of hydrogen-bond acceptors (Lipinski definition) is 3. The Kier molecular flexibility index (Phi) is 3.06. The summed E-state index contributed by atoms with van der Waals surface area (Å²) >= 11 is 0. The number of aliphatic hydroxyl groups is 1. The van der Waals surface area contributed by atoms with Gasteiger partial charge < -0.3 is 10.0 Å². The number of pyridine rings is 1. The number of carbonyl (C=O) groups excluding carboxylic acids is 1. The zero-order valence-electron chi connectivity index (χ0n) is 9.94. The smallest absolute Gasteiger partial charge is 0.366 e. The van der Waals surface area contributed by atoms with Gasteiger partial charge in [-0.25, -0.2) is 0 Å². The van der Waals surface area contributed by atoms with E-state index in [2.05, 4.69) is 4.98 Å². The van der Waals surface area contributed by atoms with E-state index in [4.69, 9.17) is 0 Å². The van der Waals surface area contributed by atoms with Crippen molar-refractivity contribution in [2.75, 3.05) is 13.1 Å². The molecule has 18 heavy (non-hydrogen) atoms. The van der Waals surface area contributed by atoms with Crippen LogP contribution in [-0.4, -0.2) is 39.6 Å². The molecule has 0 saturated carbocycles. The molecule has 1 N–H and O–H groups in total. The summed E-state index contributed by atoms with van der Waals surface area (Å²) in [5.41, 5.74) is -1.66. The minimum Gasteiger partial charge on any atom is -0.388 e. The number of hydrogen-bond donors (Lipinski definition) is 1. The summed E-state index contributed by atoms with van der Waals surface area (Å²) in [6.07, 6.45) is 1.52. The van der Waals surface area contributed by atoms with Crippen molar-refractivity contribution in [3.05, 3.63) is 30.1 Å². The molecule has 1 aromatic rings. The van der Waals surface area contributed by atoms with E-state index >= 15 is 0 Å². The van der Waals surface area contributed by atoms with Gasteiger partial charge in [0.1, 0.15) is 5.69 Å². The number of β-amino-alcohol motifs (C(OH)–C–C–N with tert-alkyl or cyclic N) is 1. The van der Waals surface area contributed by atoms with Crippen LogP contribution in [0.1, 0.15) is 19.0 Å². The SMILES string of the molecule is CC1(O)CCN(C(=O)C(F)(F)c2ccccn2)C1. The molecule has 0 radical (unpaired) electrons. The topological polar surface area (TPSA) is 53.4 Å². The molecule has 0 bridgehead atoms. The minimum atomic E-state index is -3.65. The third kappa shape index (κ3) is 2.33. The average Bonchev–Trinajstić information content (AvgIpc) is 2.69. The molecule has 0 aromatic carbocycles. The van der Waals surface area contributed by atoms with Crippen molar-refractivity contribution < 1.29 is 18.7 Å². The Morgan fingerprint density at radius 2 is 2.28 bits per heavy atom. The number of carbonyl (C=O) groups is 1. The third-order valence-corrected chi connectivity index (χ3v) is 2.99. The van der Waals surface area contributed by atoms with Crippen molar-refractivity contribution in [3.63, 3.8) is 0 Å². The molecule has 0 aliphatic carbocycles. The second kappa shape index (κ2) is 4.28. The lowest BCUT2D eigenvalue weighted by atomic mass is 10.1. The molecule has 4 nitrogen and oxygen atoms in total. The number of amides is 1. The van der Waals surface area contributed by atoms with Gasteiger partial charge >= 0.3 is 5.92 Å². The lowest BCUT2D eigenvalue weighted by molar-refractivity contribution is -0.159. The van der Waals surface area contributed by atoms with Crippen molar-refractivity contribution in [2.45, 2.75) is 24.9 Å². The average molecular weight is 256 g/mol. The molecule has 1 aliphatic rings. The molecular formula is C12H14F2N2O2. The molecular weight excluding hydrogens is 242 g/mol. The highest BCUT2D eigenvalue weighted by Gasteiger charge is 2.48. The molecule has 1 amide bonds. The predicted molar refractivity (Wildman–Crippen MR) is 60.0 cm³/mol. The number of halogens is 2. The van der Waals surface area contributed by atoms with Gasteiger partial charge in [0.2, 0.25) is 0 Å². The zero-order chi connectivity index (χ0) is 13.4. The second-order valence-corrected chi connectivity index (χ2v) is 4.76. The number of likely N-dealkylation sites (tertiary alicyclic amines) is 1. The summed E-state index contributed by atoms with van der Waals surface area (Å²) in [4.78, 5) is 16.3. The Balaban J connectivity index is 2.19. The second-order valence-electron chi connectivity index (χ2n) is 4.76. The van der Waals surface area contributed by atoms with Gasteiger partial charge in [-0.05, 0) is 25.5 Å². The van der Waals surface area contributed by atoms with E-state index in [0.29, 0.717) is 6.42 Å². The fourth-order valence-electron chi connectivity index (χ4n) is 1.98. The minimum absolute atomic E-state index is 0.0751. The first kappa shape index (κ1) is 12.9. The van der Waals surface area contributed by atoms with Crippen LogP contribution in [0.5, 0.6) is 0 Å². The van der Waals surface area contributed by atoms with Gasteiger partial charge in [-0.3, -0.25) is 9.78 Å². The normalized spacial score (nSPS) is 24.3. The van der Waals surface area contributed by atoms with E-state index in [9.17, 15) is 18.7 Å². The number of nitrogens with zero attached hydrogens (tertiary/aromatic N) is 2. The van der Waals surface area contributed by atoms with Crippen molar-refractivity contribution in [2.24, 2.45) is 0 Å². The van der Waals surface area contributed by atoms with Crippen LogP contribution in [0.15, 0.2) is 24.4 Å². The summed E-state index contributed by atoms with van der Waals surface area (Å²) in [5.74, 6) is -4.96. The quantitative estimate of drug-likeness (QED) is 0.863. The van der Waals surface area contributed by atoms with Crippen LogP contribution in [0.25, 0.3) is 0 Å². The molecule has 2 rings (SSSR count). The van der Waals surface area contributed by atoms with Gasteiger partial charge in [-0.15, -0.1) is 0 Å². The highest BCUT2D eigenvalue weighted by atomic mass is 19.3. The largest absolute Gasteiger partial charge is 0.388 e. The Hall–Kier alpha value is -1.56. The molecule has 2 heterocycles. The number of rotatable bonds is 2. The van der Waals surface area contributed by atoms with Gasteiger partial charge in [0.05, 0.1) is 5.60 Å². The fraction of sp³-hybridized carbons (Fsp3) is 0.500. The Labute approximate surface area is 103 Å². The number of alkyl halides is 2. The maximum Gasteiger partial charge on any atom is 0.366 e. The molecule has 0 spiro atoms. The standard InChI is InChI=1S/C12H14F2N2O2/c1-11(18)5-7-16(8-11)10(17)12(13,14)9-4-2-3-6-15-9/h2-4,6,18H,5,7-8H2,1H3. The van der Waals surface area contributed by atoms with Gasteiger partial charge in [0.25, 0.3) is 5.91 Å². The predicted octanol–water partition coefficient (Wildman–Crippen LogP) is 1.16. The summed E-state index contributed by atoms with van der Waals surface area (Å²) in [7, 11) is 0. The van der Waals surface area contributed by atoms with E-state index in [1.807, 2.05) is 0 Å². The summed E-state index contributed by atoms with van der Waals surface area (Å²) in [5, 5.41) is 9.70. The highest BCUT2D eigenvalue weighted by molar-refractivity contribution is 5.84. The Morgan fingerprint density at radius 1 is 1.56 bits per heavy atom. The lowest BCUT2D eigenvalue weighted by Crippen LogP contribution is -2.42. The van der Waals surface area contributed by atoms with Crippen molar-refractivity contribution in [1.29, 1.82) is 0 Å². The monoisotopic (exact) mass is 256 g/mol. The van der Waals surface area contributed by atoms with Crippen LogP contribution < -0.4 is 0 Å². The number of aromatic nitrogens is 1. The van der Waals surface area contributed by atoms with Crippen LogP contribution in [0, 0.1) is 0 Å². The van der Waals surface area contributed by atoms with E-state index in [1.165, 1.54) is 25.3 Å². The van der Waals surface area contributed by atoms with Gasteiger partial charge in [-0.2, -0.15) is 8.78 Å². The first-order valence-electron chi connectivity index (χ1n) is 5.64. The van der Waals surface area contributed by atoms with E-state index in [-0.39, 0.29) is 13.1 Å². The van der Waals surface area contributed by atoms with Gasteiger partial charge in [-0.1, -0.05) is 6.07 Å². The molecule has 1 fully saturated rings. The van der Waals surface area contributed by atoms with Crippen LogP contribution in [0.2, 0.25) is 0 Å². The summed E-state index contributed by atoms with van der Waals surface area (Å²) in [6.45, 7) is 1.59. The maximum absolute atomic E-state index is 13.9. The molecule has 1 unspecified atom stereocenters. The molecule has 1 aliphatic heterocycles. The Morgan fingerprint density at radius 3 is 2.78 bits per heavy atom.